The normalized spacial score (nSPS) is 17.4. The van der Waals surface area contributed by atoms with Crippen LogP contribution in [-0.4, -0.2) is 106 Å². The lowest BCUT2D eigenvalue weighted by Crippen LogP contribution is -3.00. The van der Waals surface area contributed by atoms with Crippen molar-refractivity contribution in [1.82, 2.24) is 9.47 Å². The number of fused-ring (bicyclic) bond motifs is 4. The highest BCUT2D eigenvalue weighted by atomic mass is 79.9. The molecule has 0 aliphatic carbocycles. The van der Waals surface area contributed by atoms with E-state index in [1.807, 2.05) is 55.7 Å². The van der Waals surface area contributed by atoms with E-state index in [-0.39, 0.29) is 28.0 Å². The number of quaternary nitrogens is 1. The molecule has 1 aromatic heterocycles. The van der Waals surface area contributed by atoms with Crippen LogP contribution in [0.1, 0.15) is 63.2 Å². The zero-order valence-electron chi connectivity index (χ0n) is 33.1. The summed E-state index contributed by atoms with van der Waals surface area (Å²) in [4.78, 5) is 32.7. The van der Waals surface area contributed by atoms with Gasteiger partial charge in [-0.2, -0.15) is 0 Å². The van der Waals surface area contributed by atoms with E-state index in [2.05, 4.69) is 4.90 Å². The molecule has 0 saturated carbocycles. The average Bonchev–Trinajstić information content (AvgIpc) is 3.20. The Morgan fingerprint density at radius 3 is 1.93 bits per heavy atom. The maximum Gasteiger partial charge on any atom is 0.263 e. The number of aromatic nitrogens is 1. The van der Waals surface area contributed by atoms with Gasteiger partial charge in [-0.25, -0.2) is 0 Å². The predicted molar refractivity (Wildman–Crippen MR) is 214 cm³/mol. The molecule has 55 heavy (non-hydrogen) atoms. The van der Waals surface area contributed by atoms with Crippen LogP contribution >= 0.6 is 0 Å². The Morgan fingerprint density at radius 1 is 0.727 bits per heavy atom. The van der Waals surface area contributed by atoms with Gasteiger partial charge in [-0.15, -0.1) is 0 Å². The van der Waals surface area contributed by atoms with E-state index in [1.165, 1.54) is 69.6 Å². The van der Waals surface area contributed by atoms with E-state index in [1.54, 1.807) is 49.6 Å². The van der Waals surface area contributed by atoms with Gasteiger partial charge in [0.1, 0.15) is 34.3 Å². The van der Waals surface area contributed by atoms with Gasteiger partial charge in [-0.1, -0.05) is 12.8 Å². The number of amides is 1. The third-order valence-corrected chi connectivity index (χ3v) is 10.9. The maximum atomic E-state index is 14.4. The van der Waals surface area contributed by atoms with Crippen LogP contribution in [0.5, 0.6) is 28.7 Å². The van der Waals surface area contributed by atoms with Crippen LogP contribution in [0.3, 0.4) is 0 Å². The summed E-state index contributed by atoms with van der Waals surface area (Å²) in [5.74, 6) is 2.53. The molecule has 7 rings (SSSR count). The van der Waals surface area contributed by atoms with Gasteiger partial charge in [0.05, 0.1) is 77.1 Å². The Balaban J connectivity index is 0.00000580. The number of rotatable bonds is 19. The number of piperazine rings is 3. The topological polar surface area (TPSA) is 91.7 Å². The van der Waals surface area contributed by atoms with Crippen LogP contribution < -0.4 is 51.0 Å². The van der Waals surface area contributed by atoms with Crippen molar-refractivity contribution in [3.63, 3.8) is 0 Å². The lowest BCUT2D eigenvalue weighted by molar-refractivity contribution is -0.941. The minimum absolute atomic E-state index is 0. The molecule has 0 unspecified atom stereocenters. The second-order valence-electron chi connectivity index (χ2n) is 14.3. The van der Waals surface area contributed by atoms with Crippen LogP contribution in [0.2, 0.25) is 0 Å². The third kappa shape index (κ3) is 9.95. The summed E-state index contributed by atoms with van der Waals surface area (Å²) in [6.07, 6.45) is 7.47. The van der Waals surface area contributed by atoms with Crippen molar-refractivity contribution in [1.29, 1.82) is 0 Å². The molecule has 3 aliphatic heterocycles. The van der Waals surface area contributed by atoms with Crippen molar-refractivity contribution in [2.75, 3.05) is 91.3 Å². The summed E-state index contributed by atoms with van der Waals surface area (Å²) in [7, 11) is 3.12. The van der Waals surface area contributed by atoms with E-state index in [0.717, 1.165) is 12.8 Å². The Morgan fingerprint density at radius 2 is 1.33 bits per heavy atom. The monoisotopic (exact) mass is 820 g/mol. The lowest BCUT2D eigenvalue weighted by Gasteiger charge is -2.50. The van der Waals surface area contributed by atoms with Crippen LogP contribution in [0.4, 0.5) is 5.69 Å². The minimum Gasteiger partial charge on any atom is -1.00 e. The zero-order valence-corrected chi connectivity index (χ0v) is 34.7. The molecule has 3 aromatic carbocycles. The number of carbonyl (C=O) groups excluding carboxylic acids is 1. The summed E-state index contributed by atoms with van der Waals surface area (Å²) < 4.78 is 32.2. The van der Waals surface area contributed by atoms with Gasteiger partial charge in [-0.05, 0) is 52.2 Å². The zero-order chi connectivity index (χ0) is 38.1. The van der Waals surface area contributed by atoms with Crippen LogP contribution in [-0.2, 0) is 0 Å². The first-order valence-corrected chi connectivity index (χ1v) is 19.7. The second kappa shape index (κ2) is 19.6. The number of hydrogen-bond donors (Lipinski definition) is 0. The SMILES string of the molecule is CCOc1cc(OCC)cc(-n2cc(C(=O)N(CC)c3cc(OC)cc(OC)c3)c(=O)c3ccc(OCCCCCCC[N+]45CCN(CC4)CC5)cc32)c1.[Br-]. The van der Waals surface area contributed by atoms with Crippen molar-refractivity contribution < 1.29 is 49.9 Å². The van der Waals surface area contributed by atoms with E-state index in [4.69, 9.17) is 23.7 Å². The van der Waals surface area contributed by atoms with E-state index in [9.17, 15) is 9.59 Å². The van der Waals surface area contributed by atoms with Gasteiger partial charge >= 0.3 is 0 Å². The third-order valence-electron chi connectivity index (χ3n) is 10.9. The highest BCUT2D eigenvalue weighted by Crippen LogP contribution is 2.32. The largest absolute Gasteiger partial charge is 1.00 e. The fourth-order valence-corrected chi connectivity index (χ4v) is 7.83. The number of methoxy groups -OCH3 is 2. The summed E-state index contributed by atoms with van der Waals surface area (Å²) in [6.45, 7) is 16.7. The Labute approximate surface area is 336 Å². The Kier molecular flexibility index (Phi) is 14.9. The molecule has 1 amide bonds. The summed E-state index contributed by atoms with van der Waals surface area (Å²) >= 11 is 0. The number of nitrogens with zero attached hydrogens (tertiary/aromatic N) is 4. The smallest absolute Gasteiger partial charge is 0.263 e. The van der Waals surface area contributed by atoms with Gasteiger partial charge in [-0.3, -0.25) is 14.5 Å². The molecule has 2 bridgehead atoms. The van der Waals surface area contributed by atoms with E-state index in [0.29, 0.717) is 77.4 Å². The van der Waals surface area contributed by atoms with Gasteiger partial charge in [0, 0.05) is 80.2 Å². The first-order chi connectivity index (χ1) is 26.3. The van der Waals surface area contributed by atoms with Crippen molar-refractivity contribution >= 4 is 22.5 Å². The first kappa shape index (κ1) is 41.9. The average molecular weight is 822 g/mol. The fraction of sp³-hybridized carbons (Fsp3) is 0.488. The Bertz CT molecular complexity index is 1900. The van der Waals surface area contributed by atoms with Crippen LogP contribution in [0.25, 0.3) is 16.6 Å². The number of unbranched alkanes of at least 4 members (excludes halogenated alkanes) is 4. The standard InChI is InChI=1S/C43H57N4O7.BrH/c1-6-45(32-24-35(50-4)28-36(25-32)51-5)43(49)40-31-46(33-26-37(52-7-2)29-38(27-33)53-8-3)41-30-34(14-15-39(41)42(40)48)54-23-13-11-9-10-12-19-47-20-16-44(17-21-47)18-22-47;/h14-15,24-31H,6-13,16-23H2,1-5H3;1H/q+1;/p-1. The molecule has 4 heterocycles. The molecule has 12 heteroatoms. The molecule has 0 spiro atoms. The highest BCUT2D eigenvalue weighted by Gasteiger charge is 2.37. The van der Waals surface area contributed by atoms with Gasteiger partial charge < -0.3 is 54.6 Å². The van der Waals surface area contributed by atoms with Crippen LogP contribution in [0, 0.1) is 0 Å². The number of hydrogen-bond acceptors (Lipinski definition) is 8. The van der Waals surface area contributed by atoms with E-state index < -0.39 is 5.91 Å². The second-order valence-corrected chi connectivity index (χ2v) is 14.3. The summed E-state index contributed by atoms with van der Waals surface area (Å²) in [5, 5.41) is 0.397. The fourth-order valence-electron chi connectivity index (χ4n) is 7.83. The molecule has 298 valence electrons. The molecule has 11 nitrogen and oxygen atoms in total. The highest BCUT2D eigenvalue weighted by molar-refractivity contribution is 6.07. The van der Waals surface area contributed by atoms with E-state index >= 15 is 0 Å². The quantitative estimate of drug-likeness (QED) is 0.104. The van der Waals surface area contributed by atoms with Gasteiger partial charge in [0.15, 0.2) is 0 Å². The number of carbonyl (C=O) groups is 1. The summed E-state index contributed by atoms with van der Waals surface area (Å²) in [6, 6.07) is 16.3. The number of halogens is 1. The molecule has 3 aliphatic rings. The lowest BCUT2D eigenvalue weighted by atomic mass is 10.1. The molecular formula is C43H57BrN4O7. The maximum absolute atomic E-state index is 14.4. The molecule has 0 radical (unpaired) electrons. The molecule has 3 fully saturated rings. The van der Waals surface area contributed by atoms with Crippen molar-refractivity contribution in [2.45, 2.75) is 52.9 Å². The molecule has 0 N–H and O–H groups in total. The molecule has 3 saturated heterocycles. The minimum atomic E-state index is -0.442. The summed E-state index contributed by atoms with van der Waals surface area (Å²) in [5.41, 5.74) is 1.51. The number of benzene rings is 3. The number of pyridine rings is 1. The Hall–Kier alpha value is -4.26. The molecular weight excluding hydrogens is 764 g/mol. The van der Waals surface area contributed by atoms with Crippen molar-refractivity contribution in [2.24, 2.45) is 0 Å². The van der Waals surface area contributed by atoms with Crippen LogP contribution in [0.15, 0.2) is 65.6 Å². The predicted octanol–water partition coefficient (Wildman–Crippen LogP) is 3.95. The first-order valence-electron chi connectivity index (χ1n) is 19.7. The van der Waals surface area contributed by atoms with Gasteiger partial charge in [0.25, 0.3) is 5.91 Å². The van der Waals surface area contributed by atoms with Crippen molar-refractivity contribution in [3.05, 3.63) is 76.6 Å². The molecule has 4 aromatic rings. The number of anilines is 1. The van der Waals surface area contributed by atoms with Gasteiger partial charge in [0.2, 0.25) is 5.43 Å². The number of ether oxygens (including phenoxy) is 5. The van der Waals surface area contributed by atoms with Crippen molar-refractivity contribution in [3.8, 4) is 34.4 Å². The molecule has 0 atom stereocenters.